The van der Waals surface area contributed by atoms with Crippen molar-refractivity contribution >= 4 is 23.2 Å². The summed E-state index contributed by atoms with van der Waals surface area (Å²) >= 11 is 6.39. The van der Waals surface area contributed by atoms with Gasteiger partial charge in [-0.1, -0.05) is 29.8 Å². The van der Waals surface area contributed by atoms with E-state index in [0.29, 0.717) is 5.92 Å². The lowest BCUT2D eigenvalue weighted by molar-refractivity contribution is 0.0988. The molecule has 2 aromatic carbocycles. The van der Waals surface area contributed by atoms with Crippen molar-refractivity contribution in [3.8, 4) is 0 Å². The van der Waals surface area contributed by atoms with Crippen LogP contribution in [0.5, 0.6) is 0 Å². The highest BCUT2D eigenvalue weighted by Gasteiger charge is 2.36. The molecule has 0 radical (unpaired) electrons. The van der Waals surface area contributed by atoms with Gasteiger partial charge in [-0.05, 0) is 48.4 Å². The summed E-state index contributed by atoms with van der Waals surface area (Å²) in [6, 6.07) is 13.4. The highest BCUT2D eigenvalue weighted by molar-refractivity contribution is 6.31. The van der Waals surface area contributed by atoms with E-state index in [1.54, 1.807) is 0 Å². The lowest BCUT2D eigenvalue weighted by atomic mass is 9.95. The molecule has 0 bridgehead atoms. The van der Waals surface area contributed by atoms with Crippen LogP contribution in [-0.4, -0.2) is 25.5 Å². The van der Waals surface area contributed by atoms with Crippen molar-refractivity contribution < 1.29 is 4.79 Å². The highest BCUT2D eigenvalue weighted by Crippen LogP contribution is 2.42. The molecule has 4 heteroatoms. The summed E-state index contributed by atoms with van der Waals surface area (Å²) in [6.07, 6.45) is 0.922. The van der Waals surface area contributed by atoms with Crippen molar-refractivity contribution in [1.82, 2.24) is 5.32 Å². The molecule has 1 N–H and O–H groups in total. The number of amides is 1. The Labute approximate surface area is 134 Å². The van der Waals surface area contributed by atoms with Crippen molar-refractivity contribution in [2.24, 2.45) is 0 Å². The minimum Gasteiger partial charge on any atom is -0.316 e. The minimum atomic E-state index is 0.0678. The number of anilines is 1. The van der Waals surface area contributed by atoms with E-state index in [1.807, 2.05) is 47.4 Å². The molecule has 1 atom stereocenters. The number of hydrogen-bond acceptors (Lipinski definition) is 2. The third-order valence-electron chi connectivity index (χ3n) is 4.59. The molecule has 112 valence electrons. The summed E-state index contributed by atoms with van der Waals surface area (Å²) in [7, 11) is 0. The molecule has 0 fully saturated rings. The third kappa shape index (κ3) is 2.13. The maximum Gasteiger partial charge on any atom is 0.258 e. The van der Waals surface area contributed by atoms with E-state index in [0.717, 1.165) is 42.3 Å². The summed E-state index contributed by atoms with van der Waals surface area (Å²) in [6.45, 7) is 2.57. The molecule has 3 nitrogen and oxygen atoms in total. The fourth-order valence-electron chi connectivity index (χ4n) is 3.57. The molecule has 4 rings (SSSR count). The van der Waals surface area contributed by atoms with E-state index < -0.39 is 0 Å². The Hall–Kier alpha value is -1.84. The molecule has 2 aliphatic rings. The molecule has 0 saturated heterocycles. The second kappa shape index (κ2) is 5.41. The van der Waals surface area contributed by atoms with E-state index in [1.165, 1.54) is 11.1 Å². The van der Waals surface area contributed by atoms with Crippen LogP contribution in [-0.2, 0) is 6.42 Å². The van der Waals surface area contributed by atoms with Gasteiger partial charge in [0.25, 0.3) is 5.91 Å². The monoisotopic (exact) mass is 312 g/mol. The number of carbonyl (C=O) groups is 1. The van der Waals surface area contributed by atoms with Crippen molar-refractivity contribution in [2.45, 2.75) is 12.3 Å². The Morgan fingerprint density at radius 2 is 2.00 bits per heavy atom. The minimum absolute atomic E-state index is 0.0678. The number of nitrogens with one attached hydrogen (secondary N) is 1. The van der Waals surface area contributed by atoms with Gasteiger partial charge in [-0.15, -0.1) is 0 Å². The second-order valence-corrected chi connectivity index (χ2v) is 6.30. The number of hydrogen-bond donors (Lipinski definition) is 1. The number of halogens is 1. The Bertz CT molecular complexity index is 729. The summed E-state index contributed by atoms with van der Waals surface area (Å²) in [4.78, 5) is 14.8. The van der Waals surface area contributed by atoms with Gasteiger partial charge in [-0.25, -0.2) is 0 Å². The van der Waals surface area contributed by atoms with Gasteiger partial charge >= 0.3 is 0 Å². The van der Waals surface area contributed by atoms with Gasteiger partial charge in [-0.3, -0.25) is 4.79 Å². The van der Waals surface area contributed by atoms with Gasteiger partial charge in [0.15, 0.2) is 0 Å². The lowest BCUT2D eigenvalue weighted by Gasteiger charge is -2.19. The summed E-state index contributed by atoms with van der Waals surface area (Å²) in [5.41, 5.74) is 4.23. The van der Waals surface area contributed by atoms with Crippen molar-refractivity contribution in [3.63, 3.8) is 0 Å². The molecular formula is C18H17ClN2O. The first-order valence-electron chi connectivity index (χ1n) is 7.64. The molecule has 1 unspecified atom stereocenters. The molecule has 2 aliphatic heterocycles. The second-order valence-electron chi connectivity index (χ2n) is 5.89. The van der Waals surface area contributed by atoms with Crippen LogP contribution in [0.25, 0.3) is 0 Å². The van der Waals surface area contributed by atoms with Crippen LogP contribution in [0.4, 0.5) is 5.69 Å². The largest absolute Gasteiger partial charge is 0.316 e. The zero-order chi connectivity index (χ0) is 15.1. The molecule has 1 amide bonds. The van der Waals surface area contributed by atoms with E-state index in [9.17, 15) is 4.79 Å². The maximum atomic E-state index is 12.8. The molecule has 22 heavy (non-hydrogen) atoms. The molecule has 2 aromatic rings. The van der Waals surface area contributed by atoms with Gasteiger partial charge in [0, 0.05) is 35.3 Å². The summed E-state index contributed by atoms with van der Waals surface area (Å²) in [5.74, 6) is 0.400. The van der Waals surface area contributed by atoms with Crippen LogP contribution >= 0.6 is 11.6 Å². The van der Waals surface area contributed by atoms with Gasteiger partial charge in [0.2, 0.25) is 0 Å². The van der Waals surface area contributed by atoms with Crippen LogP contribution in [0.3, 0.4) is 0 Å². The fourth-order valence-corrected chi connectivity index (χ4v) is 3.83. The Morgan fingerprint density at radius 1 is 1.18 bits per heavy atom. The molecule has 0 saturated carbocycles. The molecule has 0 aromatic heterocycles. The van der Waals surface area contributed by atoms with Gasteiger partial charge in [-0.2, -0.15) is 0 Å². The van der Waals surface area contributed by atoms with Gasteiger partial charge in [0.1, 0.15) is 0 Å². The quantitative estimate of drug-likeness (QED) is 0.877. The van der Waals surface area contributed by atoms with E-state index in [-0.39, 0.29) is 5.91 Å². The first kappa shape index (κ1) is 13.8. The van der Waals surface area contributed by atoms with Crippen molar-refractivity contribution in [2.75, 3.05) is 24.5 Å². The smallest absolute Gasteiger partial charge is 0.258 e. The average molecular weight is 313 g/mol. The molecule has 2 heterocycles. The van der Waals surface area contributed by atoms with E-state index in [2.05, 4.69) is 5.32 Å². The number of carbonyl (C=O) groups excluding carboxylic acids is 1. The zero-order valence-corrected chi connectivity index (χ0v) is 12.9. The van der Waals surface area contributed by atoms with E-state index in [4.69, 9.17) is 11.6 Å². The van der Waals surface area contributed by atoms with Crippen molar-refractivity contribution in [1.29, 1.82) is 0 Å². The lowest BCUT2D eigenvalue weighted by Crippen LogP contribution is -2.32. The standard InChI is InChI=1S/C18H17ClN2O/c19-15-6-7-16-17-13(10-20-9-8-14(15)17)11-21(16)18(22)12-4-2-1-3-5-12/h1-7,13,20H,8-11H2. The SMILES string of the molecule is O=C(c1ccccc1)N1CC2CNCCc3c(Cl)ccc1c32. The van der Waals surface area contributed by atoms with Crippen LogP contribution in [0.2, 0.25) is 5.02 Å². The van der Waals surface area contributed by atoms with Gasteiger partial charge < -0.3 is 10.2 Å². The Morgan fingerprint density at radius 3 is 2.82 bits per heavy atom. The number of rotatable bonds is 1. The number of nitrogens with zero attached hydrogens (tertiary/aromatic N) is 1. The topological polar surface area (TPSA) is 32.3 Å². The Balaban J connectivity index is 1.79. The van der Waals surface area contributed by atoms with E-state index >= 15 is 0 Å². The van der Waals surface area contributed by atoms with Crippen LogP contribution in [0.15, 0.2) is 42.5 Å². The average Bonchev–Trinajstić information content (AvgIpc) is 2.78. The third-order valence-corrected chi connectivity index (χ3v) is 4.94. The normalized spacial score (nSPS) is 19.7. The fraction of sp³-hybridized carbons (Fsp3) is 0.278. The van der Waals surface area contributed by atoms with Crippen LogP contribution in [0, 0.1) is 0 Å². The van der Waals surface area contributed by atoms with Gasteiger partial charge in [0.05, 0.1) is 0 Å². The first-order chi connectivity index (χ1) is 10.8. The summed E-state index contributed by atoms with van der Waals surface area (Å²) < 4.78 is 0. The molecule has 0 spiro atoms. The highest BCUT2D eigenvalue weighted by atomic mass is 35.5. The predicted molar refractivity (Wildman–Crippen MR) is 88.9 cm³/mol. The maximum absolute atomic E-state index is 12.8. The predicted octanol–water partition coefficient (Wildman–Crippen LogP) is 3.23. The first-order valence-corrected chi connectivity index (χ1v) is 8.02. The molecular weight excluding hydrogens is 296 g/mol. The van der Waals surface area contributed by atoms with Crippen LogP contribution in [0.1, 0.15) is 27.4 Å². The van der Waals surface area contributed by atoms with Crippen molar-refractivity contribution in [3.05, 3.63) is 64.2 Å². The Kier molecular flexibility index (Phi) is 3.40. The number of benzene rings is 2. The summed E-state index contributed by atoms with van der Waals surface area (Å²) in [5, 5.41) is 4.28. The zero-order valence-electron chi connectivity index (χ0n) is 12.2. The van der Waals surface area contributed by atoms with Crippen LogP contribution < -0.4 is 10.2 Å². The molecule has 0 aliphatic carbocycles.